The Bertz CT molecular complexity index is 1360. The second-order valence-corrected chi connectivity index (χ2v) is 8.07. The molecule has 7 nitrogen and oxygen atoms in total. The maximum absolute atomic E-state index is 13.4. The predicted octanol–water partition coefficient (Wildman–Crippen LogP) is 2.77. The highest BCUT2D eigenvalue weighted by Crippen LogP contribution is 2.21. The van der Waals surface area contributed by atoms with Crippen LogP contribution in [0.3, 0.4) is 0 Å². The molecule has 1 amide bonds. The van der Waals surface area contributed by atoms with Gasteiger partial charge in [-0.25, -0.2) is 4.57 Å². The smallest absolute Gasteiger partial charge is 0.278 e. The number of hydrogen-bond acceptors (Lipinski definition) is 4. The van der Waals surface area contributed by atoms with Gasteiger partial charge in [0.2, 0.25) is 11.5 Å². The van der Waals surface area contributed by atoms with Crippen molar-refractivity contribution in [3.8, 4) is 0 Å². The molecule has 0 aliphatic rings. The number of carbonyl (C=O) groups excluding carboxylic acids is 1. The normalized spacial score (nSPS) is 12.4. The number of aromatic nitrogens is 3. The molecule has 0 unspecified atom stereocenters. The number of pyridine rings is 2. The van der Waals surface area contributed by atoms with Crippen LogP contribution in [0.5, 0.6) is 0 Å². The van der Waals surface area contributed by atoms with Gasteiger partial charge in [0.05, 0.1) is 0 Å². The van der Waals surface area contributed by atoms with Crippen molar-refractivity contribution < 1.29 is 9.36 Å². The van der Waals surface area contributed by atoms with Crippen LogP contribution >= 0.6 is 0 Å². The quantitative estimate of drug-likeness (QED) is 0.395. The number of fused-ring (bicyclic) bond motifs is 2. The van der Waals surface area contributed by atoms with Crippen molar-refractivity contribution in [1.82, 2.24) is 14.7 Å². The van der Waals surface area contributed by atoms with Crippen LogP contribution in [0, 0.1) is 6.92 Å². The highest BCUT2D eigenvalue weighted by molar-refractivity contribution is 6.00. The summed E-state index contributed by atoms with van der Waals surface area (Å²) < 4.78 is 3.29. The molecule has 0 fully saturated rings. The lowest BCUT2D eigenvalue weighted by Crippen LogP contribution is -2.46. The van der Waals surface area contributed by atoms with Gasteiger partial charge in [-0.05, 0) is 45.4 Å². The van der Waals surface area contributed by atoms with Crippen molar-refractivity contribution in [3.05, 3.63) is 81.8 Å². The summed E-state index contributed by atoms with van der Waals surface area (Å²) in [6.07, 6.45) is 1.69. The van der Waals surface area contributed by atoms with E-state index in [2.05, 4.69) is 5.32 Å². The van der Waals surface area contributed by atoms with E-state index in [1.54, 1.807) is 16.8 Å². The van der Waals surface area contributed by atoms with Crippen LogP contribution in [0.15, 0.2) is 59.5 Å². The first-order chi connectivity index (χ1) is 14.8. The van der Waals surface area contributed by atoms with Gasteiger partial charge >= 0.3 is 0 Å². The second-order valence-electron chi connectivity index (χ2n) is 8.07. The summed E-state index contributed by atoms with van der Waals surface area (Å²) in [4.78, 5) is 31.1. The molecule has 0 saturated heterocycles. The van der Waals surface area contributed by atoms with E-state index in [1.807, 2.05) is 70.2 Å². The highest BCUT2D eigenvalue weighted by atomic mass is 16.2. The van der Waals surface area contributed by atoms with Crippen molar-refractivity contribution in [3.63, 3.8) is 0 Å². The molecule has 0 radical (unpaired) electrons. The second kappa shape index (κ2) is 7.83. The molecule has 0 spiro atoms. The minimum Gasteiger partial charge on any atom is -0.350 e. The molecule has 0 bridgehead atoms. The zero-order valence-electron chi connectivity index (χ0n) is 18.1. The van der Waals surface area contributed by atoms with Gasteiger partial charge in [-0.15, -0.1) is 0 Å². The van der Waals surface area contributed by atoms with Gasteiger partial charge in [0.25, 0.3) is 17.1 Å². The van der Waals surface area contributed by atoms with Crippen LogP contribution in [0.25, 0.3) is 16.7 Å². The number of rotatable bonds is 4. The highest BCUT2D eigenvalue weighted by Gasteiger charge is 2.28. The standard InChI is InChI=1S/C24H25N5O2/c1-14(2)26-23(30)18-13-19-22(27-21-15(3)9-8-12-28(21)24(19)31)29(20(18)25)16(4)17-10-6-5-7-11-17/h5-14,16,25H,1-4H3,(H,26,30)/p+1/t16-/m1/s1. The number of nitrogens with two attached hydrogens (primary N) is 1. The first kappa shape index (κ1) is 20.5. The molecule has 0 aliphatic carbocycles. The number of nitrogen functional groups attached to an aromatic ring is 1. The summed E-state index contributed by atoms with van der Waals surface area (Å²) in [6, 6.07) is 14.8. The van der Waals surface area contributed by atoms with Crippen LogP contribution in [0.4, 0.5) is 5.82 Å². The molecule has 158 valence electrons. The van der Waals surface area contributed by atoms with Gasteiger partial charge in [-0.1, -0.05) is 41.4 Å². The Kier molecular flexibility index (Phi) is 5.19. The summed E-state index contributed by atoms with van der Waals surface area (Å²) >= 11 is 0. The number of anilines is 1. The maximum atomic E-state index is 13.4. The molecule has 3 aromatic heterocycles. The van der Waals surface area contributed by atoms with Gasteiger partial charge in [0.15, 0.2) is 0 Å². The van der Waals surface area contributed by atoms with Crippen LogP contribution in [-0.4, -0.2) is 21.3 Å². The number of nitrogens with one attached hydrogen (secondary N) is 1. The van der Waals surface area contributed by atoms with E-state index in [-0.39, 0.29) is 34.9 Å². The number of amides is 1. The number of nitrogens with zero attached hydrogens (tertiary/aromatic N) is 3. The fraction of sp³-hybridized carbons (Fsp3) is 0.250. The van der Waals surface area contributed by atoms with Crippen molar-refractivity contribution >= 4 is 28.4 Å². The Morgan fingerprint density at radius 3 is 2.52 bits per heavy atom. The van der Waals surface area contributed by atoms with Crippen LogP contribution < -0.4 is 21.2 Å². The summed E-state index contributed by atoms with van der Waals surface area (Å²) in [7, 11) is 0. The Labute approximate surface area is 180 Å². The van der Waals surface area contributed by atoms with Gasteiger partial charge in [0.1, 0.15) is 17.0 Å². The molecule has 0 saturated carbocycles. The SMILES string of the molecule is Cc1cccn2c(=O)c3cc(C(=O)NC(C)C)c(N)[n+]([C@H](C)c4ccccc4)c3nc12. The van der Waals surface area contributed by atoms with E-state index < -0.39 is 0 Å². The third kappa shape index (κ3) is 3.52. The number of hydrogen-bond donors (Lipinski definition) is 2. The van der Waals surface area contributed by atoms with E-state index in [4.69, 9.17) is 10.7 Å². The van der Waals surface area contributed by atoms with Gasteiger partial charge in [-0.2, -0.15) is 0 Å². The number of carbonyl (C=O) groups is 1. The van der Waals surface area contributed by atoms with E-state index in [9.17, 15) is 9.59 Å². The largest absolute Gasteiger partial charge is 0.350 e. The number of aryl methyl sites for hydroxylation is 1. The molecule has 7 heteroatoms. The van der Waals surface area contributed by atoms with Crippen LogP contribution in [0.1, 0.15) is 48.3 Å². The molecule has 1 aromatic carbocycles. The lowest BCUT2D eigenvalue weighted by atomic mass is 10.1. The first-order valence-electron chi connectivity index (χ1n) is 10.3. The Hall–Kier alpha value is -3.74. The summed E-state index contributed by atoms with van der Waals surface area (Å²) in [5.41, 5.74) is 9.46. The van der Waals surface area contributed by atoms with Crippen molar-refractivity contribution in [1.29, 1.82) is 0 Å². The average Bonchev–Trinajstić information content (AvgIpc) is 2.74. The lowest BCUT2D eigenvalue weighted by molar-refractivity contribution is -0.673. The fourth-order valence-corrected chi connectivity index (χ4v) is 3.87. The minimum absolute atomic E-state index is 0.0685. The third-order valence-corrected chi connectivity index (χ3v) is 5.45. The molecular formula is C24H26N5O2+. The molecule has 3 N–H and O–H groups in total. The Morgan fingerprint density at radius 1 is 1.13 bits per heavy atom. The first-order valence-corrected chi connectivity index (χ1v) is 10.3. The van der Waals surface area contributed by atoms with Crippen LogP contribution in [0.2, 0.25) is 0 Å². The summed E-state index contributed by atoms with van der Waals surface area (Å²) in [5, 5.41) is 3.22. The molecule has 1 atom stereocenters. The molecule has 0 aliphatic heterocycles. The maximum Gasteiger partial charge on any atom is 0.278 e. The zero-order valence-corrected chi connectivity index (χ0v) is 18.1. The minimum atomic E-state index is -0.322. The Balaban J connectivity index is 2.12. The fourth-order valence-electron chi connectivity index (χ4n) is 3.87. The van der Waals surface area contributed by atoms with E-state index >= 15 is 0 Å². The third-order valence-electron chi connectivity index (χ3n) is 5.45. The van der Waals surface area contributed by atoms with Crippen molar-refractivity contribution in [2.24, 2.45) is 0 Å². The molecule has 31 heavy (non-hydrogen) atoms. The lowest BCUT2D eigenvalue weighted by Gasteiger charge is -2.18. The summed E-state index contributed by atoms with van der Waals surface area (Å²) in [5.74, 6) is -0.0519. The Morgan fingerprint density at radius 2 is 1.84 bits per heavy atom. The molecule has 3 heterocycles. The molecule has 4 aromatic rings. The number of benzene rings is 1. The molecule has 4 rings (SSSR count). The van der Waals surface area contributed by atoms with Crippen LogP contribution in [-0.2, 0) is 0 Å². The van der Waals surface area contributed by atoms with E-state index in [1.165, 1.54) is 4.40 Å². The van der Waals surface area contributed by atoms with Gasteiger partial charge in [-0.3, -0.25) is 14.0 Å². The van der Waals surface area contributed by atoms with Crippen molar-refractivity contribution in [2.75, 3.05) is 5.73 Å². The van der Waals surface area contributed by atoms with E-state index in [0.29, 0.717) is 16.7 Å². The summed E-state index contributed by atoms with van der Waals surface area (Å²) in [6.45, 7) is 7.65. The van der Waals surface area contributed by atoms with Crippen molar-refractivity contribution in [2.45, 2.75) is 39.8 Å². The molecular weight excluding hydrogens is 390 g/mol. The monoisotopic (exact) mass is 416 g/mol. The van der Waals surface area contributed by atoms with Gasteiger partial charge < -0.3 is 11.1 Å². The van der Waals surface area contributed by atoms with E-state index in [0.717, 1.165) is 11.1 Å². The predicted molar refractivity (Wildman–Crippen MR) is 121 cm³/mol. The topological polar surface area (TPSA) is 93.4 Å². The zero-order chi connectivity index (χ0) is 22.3. The van der Waals surface area contributed by atoms with Gasteiger partial charge in [0, 0.05) is 17.8 Å². The average molecular weight is 417 g/mol.